The number of nitrogens with zero attached hydrogens (tertiary/aromatic N) is 3. The Kier molecular flexibility index (Phi) is 3.20. The molecular weight excluding hydrogens is 220 g/mol. The summed E-state index contributed by atoms with van der Waals surface area (Å²) in [6.45, 7) is 2.45. The second-order valence-electron chi connectivity index (χ2n) is 3.62. The number of aromatic amines is 1. The number of aliphatic hydroxyl groups excluding tert-OH is 1. The number of fused-ring (bicyclic) bond motifs is 1. The van der Waals surface area contributed by atoms with Crippen LogP contribution in [0.4, 0.5) is 11.8 Å². The first-order valence-corrected chi connectivity index (χ1v) is 5.17. The van der Waals surface area contributed by atoms with Gasteiger partial charge in [-0.2, -0.15) is 9.97 Å². The molecule has 0 amide bonds. The number of imidazole rings is 1. The van der Waals surface area contributed by atoms with Crippen LogP contribution in [0.5, 0.6) is 0 Å². The summed E-state index contributed by atoms with van der Waals surface area (Å²) in [4.78, 5) is 15.0. The van der Waals surface area contributed by atoms with Crippen molar-refractivity contribution in [2.45, 2.75) is 6.92 Å². The van der Waals surface area contributed by atoms with Gasteiger partial charge >= 0.3 is 0 Å². The molecule has 0 aliphatic heterocycles. The van der Waals surface area contributed by atoms with Crippen LogP contribution in [0, 0.1) is 0 Å². The van der Waals surface area contributed by atoms with Crippen LogP contribution in [0.15, 0.2) is 18.0 Å². The summed E-state index contributed by atoms with van der Waals surface area (Å²) in [5, 5.41) is 11.9. The highest BCUT2D eigenvalue weighted by Crippen LogP contribution is 2.16. The Hall–Kier alpha value is -2.15. The van der Waals surface area contributed by atoms with Crippen LogP contribution >= 0.6 is 0 Å². The van der Waals surface area contributed by atoms with Gasteiger partial charge in [-0.3, -0.25) is 0 Å². The van der Waals surface area contributed by atoms with Crippen LogP contribution in [-0.4, -0.2) is 38.2 Å². The number of nitrogen functional groups attached to an aromatic ring is 1. The largest absolute Gasteiger partial charge is 0.392 e. The van der Waals surface area contributed by atoms with Crippen molar-refractivity contribution in [2.75, 3.05) is 24.2 Å². The molecular formula is C10H14N6O. The van der Waals surface area contributed by atoms with Crippen LogP contribution in [0.2, 0.25) is 0 Å². The highest BCUT2D eigenvalue weighted by atomic mass is 16.3. The van der Waals surface area contributed by atoms with E-state index in [1.54, 1.807) is 6.33 Å². The molecule has 0 radical (unpaired) electrons. The van der Waals surface area contributed by atoms with Gasteiger partial charge in [-0.15, -0.1) is 0 Å². The molecule has 0 saturated carbocycles. The molecule has 0 spiro atoms. The van der Waals surface area contributed by atoms with E-state index in [4.69, 9.17) is 10.8 Å². The predicted molar refractivity (Wildman–Crippen MR) is 65.4 cm³/mol. The van der Waals surface area contributed by atoms with Crippen LogP contribution in [0.3, 0.4) is 0 Å². The molecule has 7 heteroatoms. The topological polar surface area (TPSA) is 113 Å². The maximum Gasteiger partial charge on any atom is 0.224 e. The van der Waals surface area contributed by atoms with Gasteiger partial charge in [0.2, 0.25) is 5.95 Å². The van der Waals surface area contributed by atoms with E-state index in [1.807, 2.05) is 13.0 Å². The maximum atomic E-state index is 8.86. The zero-order valence-corrected chi connectivity index (χ0v) is 9.44. The summed E-state index contributed by atoms with van der Waals surface area (Å²) in [6.07, 6.45) is 3.42. The van der Waals surface area contributed by atoms with Gasteiger partial charge in [0.15, 0.2) is 11.5 Å². The van der Waals surface area contributed by atoms with Crippen molar-refractivity contribution >= 4 is 22.9 Å². The van der Waals surface area contributed by atoms with Crippen LogP contribution < -0.4 is 11.1 Å². The third kappa shape index (κ3) is 2.51. The number of aromatic nitrogens is 4. The number of nitrogens with two attached hydrogens (primary N) is 1. The second-order valence-corrected chi connectivity index (χ2v) is 3.62. The van der Waals surface area contributed by atoms with E-state index in [9.17, 15) is 0 Å². The molecule has 0 fully saturated rings. The first kappa shape index (κ1) is 11.3. The standard InChI is InChI=1S/C10H14N6O/c1-6(4-17)2-3-12-8-7-9(14-5-13-7)16-10(11)15-8/h2,5,17H,3-4H2,1H3,(H4,11,12,13,14,15,16). The summed E-state index contributed by atoms with van der Waals surface area (Å²) in [5.74, 6) is 0.780. The van der Waals surface area contributed by atoms with E-state index in [1.165, 1.54) is 0 Å². The fourth-order valence-corrected chi connectivity index (χ4v) is 1.36. The molecule has 0 aliphatic rings. The number of anilines is 2. The molecule has 0 bridgehead atoms. The Morgan fingerprint density at radius 3 is 3.18 bits per heavy atom. The van der Waals surface area contributed by atoms with Crippen molar-refractivity contribution in [1.82, 2.24) is 19.9 Å². The number of rotatable bonds is 4. The fourth-order valence-electron chi connectivity index (χ4n) is 1.36. The summed E-state index contributed by atoms with van der Waals surface area (Å²) < 4.78 is 0. The molecule has 7 nitrogen and oxygen atoms in total. The number of hydrogen-bond donors (Lipinski definition) is 4. The molecule has 2 rings (SSSR count). The second kappa shape index (κ2) is 4.79. The number of aliphatic hydroxyl groups is 1. The Morgan fingerprint density at radius 1 is 1.59 bits per heavy atom. The van der Waals surface area contributed by atoms with Crippen molar-refractivity contribution in [2.24, 2.45) is 0 Å². The van der Waals surface area contributed by atoms with Gasteiger partial charge in [0.25, 0.3) is 0 Å². The Labute approximate surface area is 97.8 Å². The molecule has 0 unspecified atom stereocenters. The summed E-state index contributed by atoms with van der Waals surface area (Å²) in [5.41, 5.74) is 7.71. The van der Waals surface area contributed by atoms with Gasteiger partial charge in [0.05, 0.1) is 12.9 Å². The lowest BCUT2D eigenvalue weighted by Gasteiger charge is -2.04. The van der Waals surface area contributed by atoms with Gasteiger partial charge < -0.3 is 21.1 Å². The first-order valence-electron chi connectivity index (χ1n) is 5.17. The van der Waals surface area contributed by atoms with Gasteiger partial charge in [-0.1, -0.05) is 11.6 Å². The quantitative estimate of drug-likeness (QED) is 0.565. The lowest BCUT2D eigenvalue weighted by atomic mass is 10.3. The first-order chi connectivity index (χ1) is 8.20. The average molecular weight is 234 g/mol. The van der Waals surface area contributed by atoms with E-state index in [0.29, 0.717) is 23.5 Å². The number of hydrogen-bond acceptors (Lipinski definition) is 6. The zero-order chi connectivity index (χ0) is 12.3. The summed E-state index contributed by atoms with van der Waals surface area (Å²) >= 11 is 0. The van der Waals surface area contributed by atoms with Crippen molar-refractivity contribution in [3.8, 4) is 0 Å². The van der Waals surface area contributed by atoms with Crippen molar-refractivity contribution < 1.29 is 5.11 Å². The Bertz CT molecular complexity index is 547. The molecule has 2 heterocycles. The van der Waals surface area contributed by atoms with Gasteiger partial charge in [0.1, 0.15) is 5.52 Å². The molecule has 5 N–H and O–H groups in total. The highest BCUT2D eigenvalue weighted by molar-refractivity contribution is 5.83. The van der Waals surface area contributed by atoms with E-state index in [-0.39, 0.29) is 12.6 Å². The van der Waals surface area contributed by atoms with Crippen LogP contribution in [0.25, 0.3) is 11.2 Å². The molecule has 2 aromatic heterocycles. The Morgan fingerprint density at radius 2 is 2.41 bits per heavy atom. The third-order valence-electron chi connectivity index (χ3n) is 2.27. The predicted octanol–water partition coefficient (Wildman–Crippen LogP) is 0.286. The smallest absolute Gasteiger partial charge is 0.224 e. The fraction of sp³-hybridized carbons (Fsp3) is 0.300. The SMILES string of the molecule is CC(=CCNc1nc(N)nc2nc[nH]c12)CO. The minimum atomic E-state index is 0.0487. The minimum Gasteiger partial charge on any atom is -0.392 e. The average Bonchev–Trinajstić information content (AvgIpc) is 2.76. The molecule has 0 aliphatic carbocycles. The van der Waals surface area contributed by atoms with E-state index < -0.39 is 0 Å². The van der Waals surface area contributed by atoms with E-state index in [0.717, 1.165) is 5.57 Å². The van der Waals surface area contributed by atoms with Crippen LogP contribution in [-0.2, 0) is 0 Å². The number of H-pyrrole nitrogens is 1. The summed E-state index contributed by atoms with van der Waals surface area (Å²) in [6, 6.07) is 0. The monoisotopic (exact) mass is 234 g/mol. The number of nitrogens with one attached hydrogen (secondary N) is 2. The van der Waals surface area contributed by atoms with E-state index >= 15 is 0 Å². The minimum absolute atomic E-state index is 0.0487. The molecule has 0 saturated heterocycles. The Balaban J connectivity index is 2.20. The highest BCUT2D eigenvalue weighted by Gasteiger charge is 2.06. The lowest BCUT2D eigenvalue weighted by molar-refractivity contribution is 0.331. The summed E-state index contributed by atoms with van der Waals surface area (Å²) in [7, 11) is 0. The third-order valence-corrected chi connectivity index (χ3v) is 2.27. The molecule has 0 atom stereocenters. The maximum absolute atomic E-state index is 8.86. The molecule has 90 valence electrons. The lowest BCUT2D eigenvalue weighted by Crippen LogP contribution is -2.06. The van der Waals surface area contributed by atoms with Gasteiger partial charge in [-0.25, -0.2) is 4.98 Å². The normalized spacial score (nSPS) is 12.0. The molecule has 17 heavy (non-hydrogen) atoms. The molecule has 2 aromatic rings. The van der Waals surface area contributed by atoms with Crippen molar-refractivity contribution in [1.29, 1.82) is 0 Å². The van der Waals surface area contributed by atoms with Crippen molar-refractivity contribution in [3.63, 3.8) is 0 Å². The zero-order valence-electron chi connectivity index (χ0n) is 9.44. The van der Waals surface area contributed by atoms with Crippen molar-refractivity contribution in [3.05, 3.63) is 18.0 Å². The van der Waals surface area contributed by atoms with Crippen LogP contribution in [0.1, 0.15) is 6.92 Å². The van der Waals surface area contributed by atoms with E-state index in [2.05, 4.69) is 25.3 Å². The van der Waals surface area contributed by atoms with Gasteiger partial charge in [0, 0.05) is 6.54 Å². The van der Waals surface area contributed by atoms with Gasteiger partial charge in [-0.05, 0) is 6.92 Å². The molecule has 0 aromatic carbocycles.